The largest absolute Gasteiger partial charge is 0.486 e. The molecule has 0 saturated heterocycles. The molecule has 86 valence electrons. The van der Waals surface area contributed by atoms with Gasteiger partial charge in [-0.3, -0.25) is 10.1 Å². The van der Waals surface area contributed by atoms with Crippen LogP contribution in [0.5, 0.6) is 5.75 Å². The van der Waals surface area contributed by atoms with E-state index in [1.807, 2.05) is 0 Å². The Morgan fingerprint density at radius 1 is 1.56 bits per heavy atom. The summed E-state index contributed by atoms with van der Waals surface area (Å²) in [5, 5.41) is 10.6. The predicted octanol–water partition coefficient (Wildman–Crippen LogP) is 2.46. The van der Waals surface area contributed by atoms with Gasteiger partial charge in [0.15, 0.2) is 0 Å². The maximum Gasteiger partial charge on any atom is 0.315 e. The van der Waals surface area contributed by atoms with E-state index in [9.17, 15) is 19.3 Å². The summed E-state index contributed by atoms with van der Waals surface area (Å²) in [4.78, 5) is 19.9. The van der Waals surface area contributed by atoms with Crippen LogP contribution in [0, 0.1) is 15.9 Å². The number of carbonyl (C=O) groups excluding carboxylic acids is 1. The molecule has 0 aromatic heterocycles. The first kappa shape index (κ1) is 12.6. The highest BCUT2D eigenvalue weighted by Crippen LogP contribution is 2.35. The van der Waals surface area contributed by atoms with E-state index in [2.05, 4.69) is 15.9 Å². The van der Waals surface area contributed by atoms with Crippen LogP contribution in [-0.4, -0.2) is 17.8 Å². The maximum absolute atomic E-state index is 12.9. The Morgan fingerprint density at radius 2 is 2.25 bits per heavy atom. The maximum atomic E-state index is 12.9. The van der Waals surface area contributed by atoms with Crippen molar-refractivity contribution in [2.24, 2.45) is 0 Å². The highest BCUT2D eigenvalue weighted by molar-refractivity contribution is 9.10. The molecule has 0 atom stereocenters. The summed E-state index contributed by atoms with van der Waals surface area (Å²) in [5.41, 5.74) is -0.474. The van der Waals surface area contributed by atoms with E-state index in [1.165, 1.54) is 0 Å². The second-order valence-electron chi connectivity index (χ2n) is 2.80. The third-order valence-electron chi connectivity index (χ3n) is 1.67. The number of aldehydes is 1. The molecule has 0 aliphatic carbocycles. The van der Waals surface area contributed by atoms with Crippen LogP contribution in [-0.2, 0) is 4.79 Å². The van der Waals surface area contributed by atoms with E-state index in [0.717, 1.165) is 12.1 Å². The number of benzene rings is 1. The van der Waals surface area contributed by atoms with Crippen molar-refractivity contribution in [3.8, 4) is 5.75 Å². The molecule has 5 nitrogen and oxygen atoms in total. The second kappa shape index (κ2) is 5.55. The van der Waals surface area contributed by atoms with Crippen molar-refractivity contribution >= 4 is 27.9 Å². The van der Waals surface area contributed by atoms with Gasteiger partial charge in [-0.25, -0.2) is 4.39 Å². The van der Waals surface area contributed by atoms with Crippen LogP contribution in [0.1, 0.15) is 6.42 Å². The Hall–Kier alpha value is -1.50. The van der Waals surface area contributed by atoms with Crippen LogP contribution in [0.4, 0.5) is 10.1 Å². The smallest absolute Gasteiger partial charge is 0.315 e. The zero-order valence-electron chi connectivity index (χ0n) is 7.98. The summed E-state index contributed by atoms with van der Waals surface area (Å²) >= 11 is 2.96. The van der Waals surface area contributed by atoms with Crippen LogP contribution >= 0.6 is 15.9 Å². The van der Waals surface area contributed by atoms with Gasteiger partial charge in [0.25, 0.3) is 0 Å². The summed E-state index contributed by atoms with van der Waals surface area (Å²) in [5.74, 6) is -0.811. The molecule has 0 heterocycles. The summed E-state index contributed by atoms with van der Waals surface area (Å²) in [7, 11) is 0. The number of nitro groups is 1. The first-order chi connectivity index (χ1) is 7.56. The van der Waals surface area contributed by atoms with Crippen LogP contribution in [0.2, 0.25) is 0 Å². The fourth-order valence-electron chi connectivity index (χ4n) is 1.03. The molecule has 1 aromatic rings. The first-order valence-corrected chi connectivity index (χ1v) is 5.05. The molecule has 0 spiro atoms. The molecule has 0 bridgehead atoms. The van der Waals surface area contributed by atoms with Gasteiger partial charge in [0.2, 0.25) is 5.75 Å². The van der Waals surface area contributed by atoms with Crippen molar-refractivity contribution in [1.29, 1.82) is 0 Å². The molecule has 0 unspecified atom stereocenters. The average molecular weight is 292 g/mol. The average Bonchev–Trinajstić information content (AvgIpc) is 2.20. The minimum absolute atomic E-state index is 0.00850. The normalized spacial score (nSPS) is 9.88. The van der Waals surface area contributed by atoms with Crippen molar-refractivity contribution in [1.82, 2.24) is 0 Å². The monoisotopic (exact) mass is 291 g/mol. The summed E-state index contributed by atoms with van der Waals surface area (Å²) in [6.07, 6.45) is 0.740. The molecular weight excluding hydrogens is 285 g/mol. The third kappa shape index (κ3) is 2.99. The van der Waals surface area contributed by atoms with E-state index in [1.54, 1.807) is 0 Å². The van der Waals surface area contributed by atoms with E-state index in [-0.39, 0.29) is 23.2 Å². The number of hydrogen-bond acceptors (Lipinski definition) is 4. The SMILES string of the molecule is O=CCCOc1c(Br)cc(F)cc1[N+](=O)[O-]. The highest BCUT2D eigenvalue weighted by atomic mass is 79.9. The fourth-order valence-corrected chi connectivity index (χ4v) is 1.57. The molecule has 1 aromatic carbocycles. The lowest BCUT2D eigenvalue weighted by atomic mass is 10.3. The van der Waals surface area contributed by atoms with Gasteiger partial charge in [-0.05, 0) is 22.0 Å². The molecule has 0 amide bonds. The van der Waals surface area contributed by atoms with Crippen molar-refractivity contribution in [3.05, 3.63) is 32.5 Å². The minimum Gasteiger partial charge on any atom is -0.486 e. The van der Waals surface area contributed by atoms with E-state index in [4.69, 9.17) is 4.74 Å². The summed E-state index contributed by atoms with van der Waals surface area (Å²) < 4.78 is 18.1. The van der Waals surface area contributed by atoms with E-state index < -0.39 is 16.4 Å². The van der Waals surface area contributed by atoms with Gasteiger partial charge < -0.3 is 9.53 Å². The molecule has 0 saturated carbocycles. The third-order valence-corrected chi connectivity index (χ3v) is 2.26. The highest BCUT2D eigenvalue weighted by Gasteiger charge is 2.20. The molecule has 0 radical (unpaired) electrons. The van der Waals surface area contributed by atoms with Crippen LogP contribution < -0.4 is 4.74 Å². The lowest BCUT2D eigenvalue weighted by Gasteiger charge is -2.07. The Bertz CT molecular complexity index is 424. The Balaban J connectivity index is 3.04. The summed E-state index contributed by atoms with van der Waals surface area (Å²) in [6, 6.07) is 1.82. The van der Waals surface area contributed by atoms with Gasteiger partial charge in [0.1, 0.15) is 12.1 Å². The number of carbonyl (C=O) groups is 1. The van der Waals surface area contributed by atoms with Crippen LogP contribution in [0.25, 0.3) is 0 Å². The topological polar surface area (TPSA) is 69.4 Å². The molecule has 0 N–H and O–H groups in total. The quantitative estimate of drug-likeness (QED) is 0.362. The number of nitro benzene ring substituents is 1. The Morgan fingerprint density at radius 3 is 2.81 bits per heavy atom. The van der Waals surface area contributed by atoms with Gasteiger partial charge in [0.05, 0.1) is 22.1 Å². The molecule has 16 heavy (non-hydrogen) atoms. The predicted molar refractivity (Wildman–Crippen MR) is 56.9 cm³/mol. The molecule has 1 rings (SSSR count). The van der Waals surface area contributed by atoms with E-state index in [0.29, 0.717) is 6.29 Å². The molecular formula is C9H7BrFNO4. The zero-order valence-corrected chi connectivity index (χ0v) is 9.57. The van der Waals surface area contributed by atoms with Crippen LogP contribution in [0.3, 0.4) is 0 Å². The molecule has 7 heteroatoms. The number of hydrogen-bond donors (Lipinski definition) is 0. The van der Waals surface area contributed by atoms with Crippen molar-refractivity contribution in [3.63, 3.8) is 0 Å². The number of ether oxygens (including phenoxy) is 1. The first-order valence-electron chi connectivity index (χ1n) is 4.26. The standard InChI is InChI=1S/C9H7BrFNO4/c10-7-4-6(11)5-8(12(14)15)9(7)16-3-1-2-13/h2,4-5H,1,3H2. The lowest BCUT2D eigenvalue weighted by molar-refractivity contribution is -0.386. The van der Waals surface area contributed by atoms with Gasteiger partial charge in [-0.15, -0.1) is 0 Å². The van der Waals surface area contributed by atoms with Gasteiger partial charge in [0, 0.05) is 6.42 Å². The molecule has 0 fully saturated rings. The number of rotatable bonds is 5. The van der Waals surface area contributed by atoms with Crippen molar-refractivity contribution < 1.29 is 18.8 Å². The zero-order chi connectivity index (χ0) is 12.1. The molecule has 0 aliphatic heterocycles. The Kier molecular flexibility index (Phi) is 4.36. The minimum atomic E-state index is -0.746. The van der Waals surface area contributed by atoms with Crippen molar-refractivity contribution in [2.45, 2.75) is 6.42 Å². The van der Waals surface area contributed by atoms with Gasteiger partial charge >= 0.3 is 5.69 Å². The van der Waals surface area contributed by atoms with Gasteiger partial charge in [-0.1, -0.05) is 0 Å². The van der Waals surface area contributed by atoms with Crippen molar-refractivity contribution in [2.75, 3.05) is 6.61 Å². The van der Waals surface area contributed by atoms with Crippen LogP contribution in [0.15, 0.2) is 16.6 Å². The fraction of sp³-hybridized carbons (Fsp3) is 0.222. The van der Waals surface area contributed by atoms with Gasteiger partial charge in [-0.2, -0.15) is 0 Å². The van der Waals surface area contributed by atoms with E-state index >= 15 is 0 Å². The lowest BCUT2D eigenvalue weighted by Crippen LogP contribution is -2.02. The number of nitrogens with zero attached hydrogens (tertiary/aromatic N) is 1. The summed E-state index contributed by atoms with van der Waals surface area (Å²) in [6.45, 7) is 0.00850. The Labute approximate surface area is 98.5 Å². The molecule has 0 aliphatic rings. The number of halogens is 2. The second-order valence-corrected chi connectivity index (χ2v) is 3.65.